The van der Waals surface area contributed by atoms with Gasteiger partial charge < -0.3 is 25.4 Å². The van der Waals surface area contributed by atoms with Crippen molar-refractivity contribution < 1.29 is 33.0 Å². The molecule has 2 aliphatic carbocycles. The van der Waals surface area contributed by atoms with Crippen LogP contribution >= 0.6 is 0 Å². The lowest BCUT2D eigenvalue weighted by molar-refractivity contribution is -0.0629. The summed E-state index contributed by atoms with van der Waals surface area (Å²) in [5, 5.41) is 41.9. The number of ether oxygens (including phenoxy) is 1. The van der Waals surface area contributed by atoms with E-state index < -0.39 is 46.8 Å². The number of hydrogen-bond donors (Lipinski definition) is 4. The van der Waals surface area contributed by atoms with Gasteiger partial charge >= 0.3 is 0 Å². The Kier molecular flexibility index (Phi) is 7.45. The van der Waals surface area contributed by atoms with Crippen LogP contribution in [0.3, 0.4) is 0 Å². The molecule has 2 saturated carbocycles. The van der Waals surface area contributed by atoms with Gasteiger partial charge in [0.15, 0.2) is 28.6 Å². The van der Waals surface area contributed by atoms with Gasteiger partial charge in [-0.25, -0.2) is 18.4 Å². The van der Waals surface area contributed by atoms with Crippen molar-refractivity contribution in [3.05, 3.63) is 35.4 Å². The molecular weight excluding hydrogens is 510 g/mol. The third kappa shape index (κ3) is 5.08. The summed E-state index contributed by atoms with van der Waals surface area (Å²) < 4.78 is 46.7. The summed E-state index contributed by atoms with van der Waals surface area (Å²) in [4.78, 5) is 8.91. The van der Waals surface area contributed by atoms with Gasteiger partial charge in [0, 0.05) is 24.1 Å². The van der Waals surface area contributed by atoms with E-state index in [0.717, 1.165) is 6.07 Å². The van der Waals surface area contributed by atoms with Crippen LogP contribution in [-0.4, -0.2) is 87.8 Å². The van der Waals surface area contributed by atoms with Gasteiger partial charge in [-0.15, -0.1) is 5.10 Å². The Morgan fingerprint density at radius 2 is 2.00 bits per heavy atom. The van der Waals surface area contributed by atoms with Crippen LogP contribution in [0.2, 0.25) is 0 Å². The zero-order valence-corrected chi connectivity index (χ0v) is 20.8. The number of nitrogens with one attached hydrogen (secondary N) is 1. The van der Waals surface area contributed by atoms with Gasteiger partial charge in [0.2, 0.25) is 5.16 Å². The molecule has 2 aliphatic rings. The molecule has 0 bridgehead atoms. The predicted molar refractivity (Wildman–Crippen MR) is 128 cm³/mol. The highest BCUT2D eigenvalue weighted by molar-refractivity contribution is 7.84. The number of hydrogen-bond acceptors (Lipinski definition) is 10. The number of aliphatic hydroxyl groups excluding tert-OH is 3. The summed E-state index contributed by atoms with van der Waals surface area (Å²) in [5.41, 5.74) is 1.17. The van der Waals surface area contributed by atoms with Crippen LogP contribution in [0, 0.1) is 11.6 Å². The number of anilines is 1. The molecule has 7 atom stereocenters. The summed E-state index contributed by atoms with van der Waals surface area (Å²) in [6.45, 7) is 1.68. The maximum atomic E-state index is 13.7. The fraction of sp³-hybridized carbons (Fsp3) is 0.565. The molecule has 4 N–H and O–H groups in total. The summed E-state index contributed by atoms with van der Waals surface area (Å²) in [6, 6.07) is 2.95. The summed E-state index contributed by atoms with van der Waals surface area (Å²) in [6.07, 6.45) is -1.66. The first-order valence-corrected chi connectivity index (χ1v) is 13.5. The molecule has 1 unspecified atom stereocenters. The standard InChI is InChI=1S/C23H28F2N6O5S/c1-2-7-37(35)23-27-21(26-15-9-12(15)11-3-4-13(24)14(25)8-11)18-22(28-23)31(30-29-18)16-10-17(36-6-5-32)20(34)19(16)33/h3-4,8,12,15-17,19-20,32-34H,2,5-7,9-10H2,1H3,(H,26,27,28)/t12-,15+,16-,17+,19+,20-,37?/m1/s1. The minimum Gasteiger partial charge on any atom is -0.394 e. The number of rotatable bonds is 10. The van der Waals surface area contributed by atoms with Crippen molar-refractivity contribution >= 4 is 27.8 Å². The summed E-state index contributed by atoms with van der Waals surface area (Å²) >= 11 is 0. The van der Waals surface area contributed by atoms with E-state index in [-0.39, 0.29) is 47.9 Å². The van der Waals surface area contributed by atoms with Crippen molar-refractivity contribution in [2.75, 3.05) is 24.3 Å². The van der Waals surface area contributed by atoms with Crippen molar-refractivity contribution in [2.24, 2.45) is 0 Å². The van der Waals surface area contributed by atoms with Gasteiger partial charge in [-0.2, -0.15) is 4.98 Å². The maximum absolute atomic E-state index is 13.7. The third-order valence-corrected chi connectivity index (χ3v) is 8.09. The number of fused-ring (bicyclic) bond motifs is 1. The molecule has 0 amide bonds. The highest BCUT2D eigenvalue weighted by Crippen LogP contribution is 2.44. The molecule has 2 heterocycles. The Labute approximate surface area is 213 Å². The average Bonchev–Trinajstić information content (AvgIpc) is 3.42. The molecule has 0 radical (unpaired) electrons. The summed E-state index contributed by atoms with van der Waals surface area (Å²) in [5.74, 6) is -1.25. The number of aromatic nitrogens is 5. The van der Waals surface area contributed by atoms with Crippen molar-refractivity contribution in [2.45, 2.75) is 67.7 Å². The van der Waals surface area contributed by atoms with Crippen LogP contribution < -0.4 is 5.32 Å². The largest absolute Gasteiger partial charge is 0.394 e. The highest BCUT2D eigenvalue weighted by atomic mass is 32.2. The van der Waals surface area contributed by atoms with Crippen LogP contribution in [0.4, 0.5) is 14.6 Å². The van der Waals surface area contributed by atoms with Crippen LogP contribution in [0.5, 0.6) is 0 Å². The van der Waals surface area contributed by atoms with Crippen molar-refractivity contribution in [3.63, 3.8) is 0 Å². The smallest absolute Gasteiger partial charge is 0.222 e. The number of aliphatic hydroxyl groups is 3. The first-order valence-electron chi connectivity index (χ1n) is 12.1. The number of halogens is 2. The molecule has 0 spiro atoms. The number of benzene rings is 1. The SMILES string of the molecule is CCCS(=O)c1nc(N[C@H]2C[C@@H]2c2ccc(F)c(F)c2)c2nnn([C@@H]3C[C@H](OCCO)[C@@H](O)[C@H]3O)c2n1. The topological polar surface area (TPSA) is 156 Å². The quantitative estimate of drug-likeness (QED) is 0.275. The first-order chi connectivity index (χ1) is 17.8. The molecule has 3 aromatic rings. The van der Waals surface area contributed by atoms with Crippen molar-refractivity contribution in [1.82, 2.24) is 25.0 Å². The van der Waals surface area contributed by atoms with Gasteiger partial charge in [-0.05, 0) is 30.5 Å². The second kappa shape index (κ2) is 10.6. The normalized spacial score (nSPS) is 28.1. The monoisotopic (exact) mass is 538 g/mol. The average molecular weight is 539 g/mol. The lowest BCUT2D eigenvalue weighted by Crippen LogP contribution is -2.33. The molecule has 37 heavy (non-hydrogen) atoms. The predicted octanol–water partition coefficient (Wildman–Crippen LogP) is 1.03. The second-order valence-corrected chi connectivity index (χ2v) is 10.8. The lowest BCUT2D eigenvalue weighted by atomic mass is 10.1. The van der Waals surface area contributed by atoms with Gasteiger partial charge in [0.1, 0.15) is 12.2 Å². The molecular formula is C23H28F2N6O5S. The van der Waals surface area contributed by atoms with Crippen LogP contribution in [0.15, 0.2) is 23.4 Å². The lowest BCUT2D eigenvalue weighted by Gasteiger charge is -2.17. The van der Waals surface area contributed by atoms with E-state index in [0.29, 0.717) is 30.0 Å². The first kappa shape index (κ1) is 26.0. The minimum atomic E-state index is -1.50. The third-order valence-electron chi connectivity index (χ3n) is 6.72. The van der Waals surface area contributed by atoms with Gasteiger partial charge in [0.25, 0.3) is 0 Å². The fourth-order valence-electron chi connectivity index (χ4n) is 4.73. The molecule has 2 aromatic heterocycles. The molecule has 0 aliphatic heterocycles. The molecule has 200 valence electrons. The Morgan fingerprint density at radius 3 is 2.73 bits per heavy atom. The Balaban J connectivity index is 1.46. The Morgan fingerprint density at radius 1 is 1.19 bits per heavy atom. The second-order valence-electron chi connectivity index (χ2n) is 9.29. The molecule has 5 rings (SSSR count). The highest BCUT2D eigenvalue weighted by Gasteiger charge is 2.45. The molecule has 0 saturated heterocycles. The molecule has 11 nitrogen and oxygen atoms in total. The van der Waals surface area contributed by atoms with Gasteiger partial charge in [-0.1, -0.05) is 18.2 Å². The molecule has 14 heteroatoms. The van der Waals surface area contributed by atoms with Crippen molar-refractivity contribution in [3.8, 4) is 0 Å². The van der Waals surface area contributed by atoms with Gasteiger partial charge in [-0.3, -0.25) is 4.21 Å². The van der Waals surface area contributed by atoms with Crippen LogP contribution in [0.25, 0.3) is 11.2 Å². The molecule has 2 fully saturated rings. The zero-order valence-electron chi connectivity index (χ0n) is 20.0. The van der Waals surface area contributed by atoms with E-state index in [1.54, 1.807) is 6.07 Å². The van der Waals surface area contributed by atoms with Gasteiger partial charge in [0.05, 0.1) is 36.2 Å². The molecule has 1 aromatic carbocycles. The summed E-state index contributed by atoms with van der Waals surface area (Å²) in [7, 11) is -1.50. The minimum absolute atomic E-state index is 0.0101. The fourth-order valence-corrected chi connectivity index (χ4v) is 5.67. The van der Waals surface area contributed by atoms with E-state index in [2.05, 4.69) is 25.6 Å². The van der Waals surface area contributed by atoms with Crippen LogP contribution in [-0.2, 0) is 15.5 Å². The zero-order chi connectivity index (χ0) is 26.3. The van der Waals surface area contributed by atoms with Crippen LogP contribution in [0.1, 0.15) is 43.7 Å². The van der Waals surface area contributed by atoms with E-state index in [1.807, 2.05) is 6.92 Å². The maximum Gasteiger partial charge on any atom is 0.222 e. The van der Waals surface area contributed by atoms with E-state index in [9.17, 15) is 23.2 Å². The van der Waals surface area contributed by atoms with Crippen molar-refractivity contribution in [1.29, 1.82) is 0 Å². The Bertz CT molecular complexity index is 1310. The van der Waals surface area contributed by atoms with E-state index >= 15 is 0 Å². The Hall–Kier alpha value is -2.65. The van der Waals surface area contributed by atoms with E-state index in [1.165, 1.54) is 10.7 Å². The number of nitrogens with zero attached hydrogens (tertiary/aromatic N) is 5. The van der Waals surface area contributed by atoms with E-state index in [4.69, 9.17) is 9.84 Å².